The highest BCUT2D eigenvalue weighted by Crippen LogP contribution is 2.22. The van der Waals surface area contributed by atoms with Crippen molar-refractivity contribution in [2.45, 2.75) is 32.9 Å². The molecule has 0 aliphatic heterocycles. The standard InChI is InChI=1S/C29H33N3O5S/c1-21-11-8-9-14-25(21)19-31(27(29(35)30-3)17-23-12-6-5-7-13-23)28(34)20-32(38(4,36)37)26-16-10-15-24(18-26)22(2)33/h5-16,18,27H,17,19-20H2,1-4H3,(H,30,35). The Bertz CT molecular complexity index is 1410. The van der Waals surface area contributed by atoms with Gasteiger partial charge in [0.25, 0.3) is 0 Å². The highest BCUT2D eigenvalue weighted by Gasteiger charge is 2.32. The quantitative estimate of drug-likeness (QED) is 0.379. The van der Waals surface area contributed by atoms with Crippen LogP contribution in [-0.2, 0) is 32.6 Å². The number of nitrogens with zero attached hydrogens (tertiary/aromatic N) is 2. The Morgan fingerprint density at radius 3 is 2.18 bits per heavy atom. The molecule has 0 saturated carbocycles. The van der Waals surface area contributed by atoms with Crippen molar-refractivity contribution in [3.8, 4) is 0 Å². The molecule has 0 spiro atoms. The summed E-state index contributed by atoms with van der Waals surface area (Å²) in [5.41, 5.74) is 3.16. The first-order valence-electron chi connectivity index (χ1n) is 12.2. The highest BCUT2D eigenvalue weighted by molar-refractivity contribution is 7.92. The van der Waals surface area contributed by atoms with Crippen LogP contribution in [0, 0.1) is 6.92 Å². The van der Waals surface area contributed by atoms with E-state index in [2.05, 4.69) is 5.32 Å². The van der Waals surface area contributed by atoms with Gasteiger partial charge >= 0.3 is 0 Å². The van der Waals surface area contributed by atoms with Crippen LogP contribution in [-0.4, -0.2) is 56.8 Å². The molecule has 2 amide bonds. The van der Waals surface area contributed by atoms with E-state index < -0.39 is 28.5 Å². The number of amides is 2. The van der Waals surface area contributed by atoms with Crippen molar-refractivity contribution in [3.63, 3.8) is 0 Å². The van der Waals surface area contributed by atoms with Gasteiger partial charge in [0, 0.05) is 25.6 Å². The Labute approximate surface area is 224 Å². The van der Waals surface area contributed by atoms with Crippen LogP contribution in [0.25, 0.3) is 0 Å². The van der Waals surface area contributed by atoms with Crippen molar-refractivity contribution >= 4 is 33.3 Å². The van der Waals surface area contributed by atoms with Gasteiger partial charge in [-0.15, -0.1) is 0 Å². The predicted molar refractivity (Wildman–Crippen MR) is 148 cm³/mol. The molecule has 200 valence electrons. The molecule has 0 aliphatic carbocycles. The van der Waals surface area contributed by atoms with E-state index in [0.717, 1.165) is 27.3 Å². The summed E-state index contributed by atoms with van der Waals surface area (Å²) in [5.74, 6) is -1.13. The van der Waals surface area contributed by atoms with Crippen LogP contribution in [0.2, 0.25) is 0 Å². The molecule has 0 radical (unpaired) electrons. The van der Waals surface area contributed by atoms with Crippen LogP contribution in [0.4, 0.5) is 5.69 Å². The maximum atomic E-state index is 13.9. The minimum atomic E-state index is -3.91. The number of aryl methyl sites for hydroxylation is 1. The fourth-order valence-corrected chi connectivity index (χ4v) is 5.03. The van der Waals surface area contributed by atoms with Gasteiger partial charge in [-0.2, -0.15) is 0 Å². The average molecular weight is 536 g/mol. The van der Waals surface area contributed by atoms with E-state index in [4.69, 9.17) is 0 Å². The third-order valence-corrected chi connectivity index (χ3v) is 7.48. The SMILES string of the molecule is CNC(=O)C(Cc1ccccc1)N(Cc1ccccc1C)C(=O)CN(c1cccc(C(C)=O)c1)S(C)(=O)=O. The Morgan fingerprint density at radius 1 is 0.921 bits per heavy atom. The number of sulfonamides is 1. The van der Waals surface area contributed by atoms with Crippen LogP contribution >= 0.6 is 0 Å². The maximum absolute atomic E-state index is 13.9. The van der Waals surface area contributed by atoms with Gasteiger partial charge in [0.05, 0.1) is 11.9 Å². The Kier molecular flexibility index (Phi) is 9.41. The number of hydrogen-bond donors (Lipinski definition) is 1. The van der Waals surface area contributed by atoms with Crippen LogP contribution < -0.4 is 9.62 Å². The van der Waals surface area contributed by atoms with Gasteiger partial charge in [-0.3, -0.25) is 18.7 Å². The van der Waals surface area contributed by atoms with E-state index in [-0.39, 0.29) is 30.3 Å². The molecule has 1 unspecified atom stereocenters. The second kappa shape index (κ2) is 12.5. The maximum Gasteiger partial charge on any atom is 0.244 e. The molecule has 0 aromatic heterocycles. The zero-order valence-electron chi connectivity index (χ0n) is 22.0. The Hall–Kier alpha value is -3.98. The van der Waals surface area contributed by atoms with Gasteiger partial charge in [0.1, 0.15) is 12.6 Å². The molecular formula is C29H33N3O5S. The molecule has 0 heterocycles. The first-order valence-corrected chi connectivity index (χ1v) is 14.0. The third kappa shape index (κ3) is 7.29. The molecule has 3 rings (SSSR count). The predicted octanol–water partition coefficient (Wildman–Crippen LogP) is 3.35. The lowest BCUT2D eigenvalue weighted by molar-refractivity contribution is -0.139. The van der Waals surface area contributed by atoms with Crippen LogP contribution in [0.5, 0.6) is 0 Å². The molecular weight excluding hydrogens is 502 g/mol. The summed E-state index contributed by atoms with van der Waals surface area (Å²) in [6.45, 7) is 2.88. The number of nitrogens with one attached hydrogen (secondary N) is 1. The normalized spacial score (nSPS) is 11.9. The number of benzene rings is 3. The molecule has 8 nitrogen and oxygen atoms in total. The minimum absolute atomic E-state index is 0.113. The average Bonchev–Trinajstić information content (AvgIpc) is 2.89. The molecule has 9 heteroatoms. The lowest BCUT2D eigenvalue weighted by Crippen LogP contribution is -2.53. The Balaban J connectivity index is 2.05. The van der Waals surface area contributed by atoms with Crippen LogP contribution in [0.1, 0.15) is 34.0 Å². The Morgan fingerprint density at radius 2 is 1.58 bits per heavy atom. The van der Waals surface area contributed by atoms with E-state index >= 15 is 0 Å². The van der Waals surface area contributed by atoms with E-state index in [1.54, 1.807) is 12.1 Å². The number of anilines is 1. The van der Waals surface area contributed by atoms with E-state index in [9.17, 15) is 22.8 Å². The first-order chi connectivity index (χ1) is 18.0. The fourth-order valence-electron chi connectivity index (χ4n) is 4.19. The van der Waals surface area contributed by atoms with Crippen molar-refractivity contribution in [2.24, 2.45) is 0 Å². The molecule has 3 aromatic carbocycles. The summed E-state index contributed by atoms with van der Waals surface area (Å²) >= 11 is 0. The molecule has 1 N–H and O–H groups in total. The number of carbonyl (C=O) groups is 3. The number of ketones is 1. The summed E-state index contributed by atoms with van der Waals surface area (Å²) in [6.07, 6.45) is 1.25. The molecule has 1 atom stereocenters. The third-order valence-electron chi connectivity index (χ3n) is 6.34. The number of rotatable bonds is 11. The smallest absolute Gasteiger partial charge is 0.244 e. The summed E-state index contributed by atoms with van der Waals surface area (Å²) in [6, 6.07) is 22.1. The van der Waals surface area contributed by atoms with Gasteiger partial charge in [-0.05, 0) is 42.7 Å². The summed E-state index contributed by atoms with van der Waals surface area (Å²) < 4.78 is 26.6. The van der Waals surface area contributed by atoms with Crippen molar-refractivity contribution < 1.29 is 22.8 Å². The zero-order chi connectivity index (χ0) is 27.9. The summed E-state index contributed by atoms with van der Waals surface area (Å²) in [4.78, 5) is 40.4. The largest absolute Gasteiger partial charge is 0.357 e. The fraction of sp³-hybridized carbons (Fsp3) is 0.276. The molecule has 0 fully saturated rings. The van der Waals surface area contributed by atoms with Crippen molar-refractivity contribution in [1.82, 2.24) is 10.2 Å². The molecule has 0 aliphatic rings. The van der Waals surface area contributed by atoms with Gasteiger partial charge in [-0.25, -0.2) is 8.42 Å². The van der Waals surface area contributed by atoms with Gasteiger partial charge in [-0.1, -0.05) is 66.7 Å². The lowest BCUT2D eigenvalue weighted by Gasteiger charge is -2.33. The number of likely N-dealkylation sites (N-methyl/N-ethyl adjacent to an activating group) is 1. The van der Waals surface area contributed by atoms with Gasteiger partial charge < -0.3 is 10.2 Å². The zero-order valence-corrected chi connectivity index (χ0v) is 22.9. The summed E-state index contributed by atoms with van der Waals surface area (Å²) in [7, 11) is -2.40. The molecule has 3 aromatic rings. The topological polar surface area (TPSA) is 104 Å². The highest BCUT2D eigenvalue weighted by atomic mass is 32.2. The van der Waals surface area contributed by atoms with Crippen LogP contribution in [0.15, 0.2) is 78.9 Å². The summed E-state index contributed by atoms with van der Waals surface area (Å²) in [5, 5.41) is 2.65. The number of hydrogen-bond acceptors (Lipinski definition) is 5. The second-order valence-corrected chi connectivity index (χ2v) is 11.1. The van der Waals surface area contributed by atoms with Gasteiger partial charge in [0.2, 0.25) is 21.8 Å². The van der Waals surface area contributed by atoms with Crippen molar-refractivity contribution in [2.75, 3.05) is 24.2 Å². The lowest BCUT2D eigenvalue weighted by atomic mass is 10.0. The number of Topliss-reactive ketones (excluding diaryl/α,β-unsaturated/α-hetero) is 1. The van der Waals surface area contributed by atoms with E-state index in [0.29, 0.717) is 5.56 Å². The van der Waals surface area contributed by atoms with E-state index in [1.807, 2.05) is 61.5 Å². The minimum Gasteiger partial charge on any atom is -0.357 e. The molecule has 38 heavy (non-hydrogen) atoms. The molecule has 0 bridgehead atoms. The first kappa shape index (κ1) is 28.6. The van der Waals surface area contributed by atoms with Crippen LogP contribution in [0.3, 0.4) is 0 Å². The van der Waals surface area contributed by atoms with E-state index in [1.165, 1.54) is 31.0 Å². The monoisotopic (exact) mass is 535 g/mol. The van der Waals surface area contributed by atoms with Crippen molar-refractivity contribution in [3.05, 3.63) is 101 Å². The number of carbonyl (C=O) groups excluding carboxylic acids is 3. The molecule has 0 saturated heterocycles. The van der Waals surface area contributed by atoms with Crippen molar-refractivity contribution in [1.29, 1.82) is 0 Å². The van der Waals surface area contributed by atoms with Gasteiger partial charge in [0.15, 0.2) is 5.78 Å². The second-order valence-electron chi connectivity index (χ2n) is 9.14.